The molecule has 1 aromatic carbocycles. The van der Waals surface area contributed by atoms with E-state index in [1.54, 1.807) is 13.0 Å². The van der Waals surface area contributed by atoms with E-state index in [1.807, 2.05) is 14.0 Å². The fourth-order valence-corrected chi connectivity index (χ4v) is 5.23. The minimum atomic E-state index is -3.66. The van der Waals surface area contributed by atoms with Crippen molar-refractivity contribution in [1.82, 2.24) is 19.3 Å². The Labute approximate surface area is 175 Å². The Morgan fingerprint density at radius 3 is 2.57 bits per heavy atom. The Morgan fingerprint density at radius 1 is 1.17 bits per heavy atom. The number of piperazine rings is 1. The molecule has 2 aliphatic heterocycles. The number of aryl methyl sites for hydroxylation is 2. The van der Waals surface area contributed by atoms with Gasteiger partial charge in [0, 0.05) is 38.7 Å². The molecule has 162 valence electrons. The van der Waals surface area contributed by atoms with Gasteiger partial charge in [0.25, 0.3) is 5.91 Å². The number of nitrogens with zero attached hydrogens (tertiary/aromatic N) is 5. The van der Waals surface area contributed by atoms with E-state index in [2.05, 4.69) is 15.0 Å². The number of rotatable bonds is 5. The van der Waals surface area contributed by atoms with E-state index < -0.39 is 10.0 Å². The minimum Gasteiger partial charge on any atom is -0.482 e. The van der Waals surface area contributed by atoms with Crippen molar-refractivity contribution < 1.29 is 22.5 Å². The topological polar surface area (TPSA) is 109 Å². The molecule has 30 heavy (non-hydrogen) atoms. The monoisotopic (exact) mass is 435 g/mol. The van der Waals surface area contributed by atoms with Crippen LogP contribution in [-0.2, 0) is 27.8 Å². The van der Waals surface area contributed by atoms with Crippen molar-refractivity contribution in [3.8, 4) is 5.75 Å². The van der Waals surface area contributed by atoms with Gasteiger partial charge in [0.2, 0.25) is 15.9 Å². The van der Waals surface area contributed by atoms with Gasteiger partial charge >= 0.3 is 0 Å². The molecule has 0 atom stereocenters. The molecule has 0 unspecified atom stereocenters. The van der Waals surface area contributed by atoms with Crippen LogP contribution in [0.4, 0.5) is 5.69 Å². The first-order valence-electron chi connectivity index (χ1n) is 9.87. The highest BCUT2D eigenvalue weighted by molar-refractivity contribution is 7.89. The SMILES string of the molecule is CCc1nc(CN2C(=O)COc3cc(S(=O)(=O)N4CCN(C)CC4)c(C)cc32)no1. The summed E-state index contributed by atoms with van der Waals surface area (Å²) in [5, 5.41) is 3.91. The standard InChI is InChI=1S/C19H25N5O5S/c1-4-18-20-17(21-29-18)11-24-14-9-13(2)16(10-15(14)28-12-19(24)25)30(26,27)23-7-5-22(3)6-8-23/h9-10H,4-8,11-12H2,1-3H3. The smallest absolute Gasteiger partial charge is 0.265 e. The van der Waals surface area contributed by atoms with E-state index in [0.29, 0.717) is 61.3 Å². The number of fused-ring (bicyclic) bond motifs is 1. The molecule has 1 fully saturated rings. The fourth-order valence-electron chi connectivity index (χ4n) is 3.59. The molecule has 1 saturated heterocycles. The average Bonchev–Trinajstić information content (AvgIpc) is 3.18. The highest BCUT2D eigenvalue weighted by Gasteiger charge is 2.33. The van der Waals surface area contributed by atoms with Crippen molar-refractivity contribution in [2.24, 2.45) is 0 Å². The van der Waals surface area contributed by atoms with Crippen LogP contribution < -0.4 is 9.64 Å². The molecule has 1 aromatic heterocycles. The van der Waals surface area contributed by atoms with Crippen molar-refractivity contribution >= 4 is 21.6 Å². The Kier molecular flexibility index (Phi) is 5.51. The highest BCUT2D eigenvalue weighted by atomic mass is 32.2. The first kappa shape index (κ1) is 20.8. The lowest BCUT2D eigenvalue weighted by Gasteiger charge is -2.33. The molecule has 11 heteroatoms. The molecule has 2 aliphatic rings. The third-order valence-electron chi connectivity index (χ3n) is 5.39. The maximum atomic E-state index is 13.2. The van der Waals surface area contributed by atoms with Gasteiger partial charge in [-0.15, -0.1) is 0 Å². The van der Waals surface area contributed by atoms with Gasteiger partial charge in [0.15, 0.2) is 12.4 Å². The molecular formula is C19H25N5O5S. The van der Waals surface area contributed by atoms with Gasteiger partial charge in [-0.1, -0.05) is 12.1 Å². The van der Waals surface area contributed by atoms with Gasteiger partial charge in [-0.05, 0) is 25.6 Å². The van der Waals surface area contributed by atoms with E-state index in [-0.39, 0.29) is 24.0 Å². The summed E-state index contributed by atoms with van der Waals surface area (Å²) in [7, 11) is -1.68. The zero-order valence-corrected chi connectivity index (χ0v) is 18.1. The number of carbonyl (C=O) groups is 1. The van der Waals surface area contributed by atoms with Crippen molar-refractivity contribution in [3.05, 3.63) is 29.4 Å². The maximum absolute atomic E-state index is 13.2. The molecule has 2 aromatic rings. The number of hydrogen-bond donors (Lipinski definition) is 0. The number of anilines is 1. The maximum Gasteiger partial charge on any atom is 0.265 e. The van der Waals surface area contributed by atoms with Crippen molar-refractivity contribution in [1.29, 1.82) is 0 Å². The average molecular weight is 436 g/mol. The van der Waals surface area contributed by atoms with Crippen molar-refractivity contribution in [3.63, 3.8) is 0 Å². The van der Waals surface area contributed by atoms with E-state index in [4.69, 9.17) is 9.26 Å². The van der Waals surface area contributed by atoms with Crippen molar-refractivity contribution in [2.75, 3.05) is 44.7 Å². The lowest BCUT2D eigenvalue weighted by atomic mass is 10.1. The van der Waals surface area contributed by atoms with Gasteiger partial charge < -0.3 is 14.2 Å². The van der Waals surface area contributed by atoms with Crippen LogP contribution in [0, 0.1) is 6.92 Å². The largest absolute Gasteiger partial charge is 0.482 e. The van der Waals surface area contributed by atoms with Crippen LogP contribution in [0.3, 0.4) is 0 Å². The lowest BCUT2D eigenvalue weighted by molar-refractivity contribution is -0.121. The first-order valence-corrected chi connectivity index (χ1v) is 11.3. The Balaban J connectivity index is 1.66. The third-order valence-corrected chi connectivity index (χ3v) is 7.43. The summed E-state index contributed by atoms with van der Waals surface area (Å²) in [5.41, 5.74) is 1.06. The molecular weight excluding hydrogens is 410 g/mol. The van der Waals surface area contributed by atoms with E-state index in [1.165, 1.54) is 15.3 Å². The molecule has 1 amide bonds. The molecule has 4 rings (SSSR count). The van der Waals surface area contributed by atoms with E-state index in [0.717, 1.165) is 0 Å². The Hall–Kier alpha value is -2.50. The zero-order valence-electron chi connectivity index (χ0n) is 17.3. The first-order chi connectivity index (χ1) is 14.3. The fraction of sp³-hybridized carbons (Fsp3) is 0.526. The number of hydrogen-bond acceptors (Lipinski definition) is 8. The van der Waals surface area contributed by atoms with Gasteiger partial charge in [0.1, 0.15) is 5.75 Å². The van der Waals surface area contributed by atoms with Crippen LogP contribution in [0.25, 0.3) is 0 Å². The third kappa shape index (κ3) is 3.80. The molecule has 3 heterocycles. The van der Waals surface area contributed by atoms with Gasteiger partial charge in [-0.2, -0.15) is 9.29 Å². The second-order valence-electron chi connectivity index (χ2n) is 7.52. The molecule has 0 saturated carbocycles. The van der Waals surface area contributed by atoms with Crippen molar-refractivity contribution in [2.45, 2.75) is 31.7 Å². The number of carbonyl (C=O) groups excluding carboxylic acids is 1. The minimum absolute atomic E-state index is 0.128. The summed E-state index contributed by atoms with van der Waals surface area (Å²) < 4.78 is 38.6. The molecule has 0 spiro atoms. The molecule has 0 N–H and O–H groups in total. The van der Waals surface area contributed by atoms with Crippen LogP contribution in [0.2, 0.25) is 0 Å². The predicted octanol–water partition coefficient (Wildman–Crippen LogP) is 0.802. The quantitative estimate of drug-likeness (QED) is 0.679. The van der Waals surface area contributed by atoms with Crippen LogP contribution in [0.1, 0.15) is 24.2 Å². The Bertz CT molecular complexity index is 1060. The zero-order chi connectivity index (χ0) is 21.5. The summed E-state index contributed by atoms with van der Waals surface area (Å²) in [4.78, 5) is 20.6. The van der Waals surface area contributed by atoms with Gasteiger partial charge in [0.05, 0.1) is 17.1 Å². The number of benzene rings is 1. The number of amides is 1. The van der Waals surface area contributed by atoms with Gasteiger partial charge in [-0.25, -0.2) is 8.42 Å². The number of likely N-dealkylation sites (N-methyl/N-ethyl adjacent to an activating group) is 1. The van der Waals surface area contributed by atoms with Crippen LogP contribution in [0.5, 0.6) is 5.75 Å². The summed E-state index contributed by atoms with van der Waals surface area (Å²) in [5.74, 6) is 0.988. The number of aromatic nitrogens is 2. The highest BCUT2D eigenvalue weighted by Crippen LogP contribution is 2.37. The van der Waals surface area contributed by atoms with E-state index in [9.17, 15) is 13.2 Å². The molecule has 10 nitrogen and oxygen atoms in total. The summed E-state index contributed by atoms with van der Waals surface area (Å²) in [6.45, 7) is 5.84. The Morgan fingerprint density at radius 2 is 1.90 bits per heavy atom. The number of ether oxygens (including phenoxy) is 1. The predicted molar refractivity (Wildman–Crippen MR) is 108 cm³/mol. The molecule has 0 bridgehead atoms. The summed E-state index contributed by atoms with van der Waals surface area (Å²) in [6, 6.07) is 3.20. The van der Waals surface area contributed by atoms with E-state index >= 15 is 0 Å². The molecule has 0 radical (unpaired) electrons. The summed E-state index contributed by atoms with van der Waals surface area (Å²) >= 11 is 0. The second kappa shape index (κ2) is 7.97. The second-order valence-corrected chi connectivity index (χ2v) is 9.43. The lowest BCUT2D eigenvalue weighted by Crippen LogP contribution is -2.47. The van der Waals surface area contributed by atoms with Gasteiger partial charge in [-0.3, -0.25) is 9.69 Å². The van der Waals surface area contributed by atoms with Crippen LogP contribution in [0.15, 0.2) is 21.6 Å². The normalized spacial score (nSPS) is 18.4. The number of sulfonamides is 1. The molecule has 0 aliphatic carbocycles. The summed E-state index contributed by atoms with van der Waals surface area (Å²) in [6.07, 6.45) is 0.604. The van der Waals surface area contributed by atoms with Crippen LogP contribution >= 0.6 is 0 Å². The van der Waals surface area contributed by atoms with Crippen LogP contribution in [-0.4, -0.2) is 73.5 Å².